The predicted octanol–water partition coefficient (Wildman–Crippen LogP) is 2.37. The van der Waals surface area contributed by atoms with Gasteiger partial charge >= 0.3 is 0 Å². The minimum Gasteiger partial charge on any atom is -0.336 e. The van der Waals surface area contributed by atoms with Gasteiger partial charge in [-0.05, 0) is 30.9 Å². The van der Waals surface area contributed by atoms with Gasteiger partial charge in [-0.2, -0.15) is 0 Å². The molecule has 1 aromatic carbocycles. The SMILES string of the molecule is Cc1nc2sc3c(c2c(=N)n1N)-c1ccccc1CC3. The molecule has 0 radical (unpaired) electrons. The molecule has 0 amide bonds. The van der Waals surface area contributed by atoms with Gasteiger partial charge in [-0.15, -0.1) is 11.3 Å². The minimum absolute atomic E-state index is 0.349. The highest BCUT2D eigenvalue weighted by atomic mass is 32.1. The van der Waals surface area contributed by atoms with E-state index in [9.17, 15) is 0 Å². The first kappa shape index (κ1) is 11.7. The number of hydrogen-bond acceptors (Lipinski definition) is 4. The van der Waals surface area contributed by atoms with Gasteiger partial charge in [0.25, 0.3) is 0 Å². The van der Waals surface area contributed by atoms with Crippen LogP contribution in [-0.4, -0.2) is 9.66 Å². The van der Waals surface area contributed by atoms with E-state index in [1.165, 1.54) is 26.2 Å². The molecule has 1 aliphatic carbocycles. The first-order valence-corrected chi connectivity index (χ1v) is 7.41. The van der Waals surface area contributed by atoms with E-state index in [0.717, 1.165) is 23.1 Å². The summed E-state index contributed by atoms with van der Waals surface area (Å²) in [5.74, 6) is 6.61. The van der Waals surface area contributed by atoms with Crippen LogP contribution in [0.3, 0.4) is 0 Å². The van der Waals surface area contributed by atoms with Gasteiger partial charge in [0, 0.05) is 10.4 Å². The van der Waals surface area contributed by atoms with Crippen LogP contribution in [-0.2, 0) is 12.8 Å². The van der Waals surface area contributed by atoms with Crippen molar-refractivity contribution in [2.24, 2.45) is 0 Å². The van der Waals surface area contributed by atoms with Crippen molar-refractivity contribution in [2.45, 2.75) is 19.8 Å². The standard InChI is InChI=1S/C15H14N4S/c1-8-18-15-13(14(16)19(8)17)12-10-5-3-2-4-9(10)6-7-11(12)20-15/h2-5,16H,6-7,17H2,1H3. The van der Waals surface area contributed by atoms with Crippen molar-refractivity contribution in [3.05, 3.63) is 46.0 Å². The normalized spacial score (nSPS) is 13.2. The van der Waals surface area contributed by atoms with Crippen LogP contribution in [0.1, 0.15) is 16.3 Å². The third-order valence-electron chi connectivity index (χ3n) is 3.96. The molecule has 2 aromatic heterocycles. The number of nitrogen functional groups attached to an aromatic ring is 1. The molecule has 0 fully saturated rings. The Morgan fingerprint density at radius 3 is 2.95 bits per heavy atom. The zero-order valence-corrected chi connectivity index (χ0v) is 11.9. The number of rotatable bonds is 0. The quantitative estimate of drug-likeness (QED) is 0.622. The Morgan fingerprint density at radius 1 is 1.30 bits per heavy atom. The number of thiophene rings is 1. The topological polar surface area (TPSA) is 67.7 Å². The van der Waals surface area contributed by atoms with Gasteiger partial charge in [0.1, 0.15) is 10.7 Å². The molecule has 0 saturated heterocycles. The molecular formula is C15H14N4S. The molecule has 2 heterocycles. The van der Waals surface area contributed by atoms with Crippen molar-refractivity contribution in [3.8, 4) is 11.1 Å². The summed E-state index contributed by atoms with van der Waals surface area (Å²) >= 11 is 1.70. The third-order valence-corrected chi connectivity index (χ3v) is 5.10. The molecule has 0 saturated carbocycles. The number of hydrogen-bond donors (Lipinski definition) is 2. The van der Waals surface area contributed by atoms with E-state index in [1.807, 2.05) is 6.92 Å². The number of aromatic nitrogens is 2. The first-order chi connectivity index (χ1) is 9.66. The maximum atomic E-state index is 8.33. The van der Waals surface area contributed by atoms with Gasteiger partial charge < -0.3 is 5.84 Å². The fourth-order valence-electron chi connectivity index (χ4n) is 2.94. The van der Waals surface area contributed by atoms with Gasteiger partial charge in [0.15, 0.2) is 5.49 Å². The Morgan fingerprint density at radius 2 is 2.10 bits per heavy atom. The van der Waals surface area contributed by atoms with E-state index < -0.39 is 0 Å². The summed E-state index contributed by atoms with van der Waals surface area (Å²) in [6, 6.07) is 8.44. The highest BCUT2D eigenvalue weighted by molar-refractivity contribution is 7.19. The molecule has 0 spiro atoms. The van der Waals surface area contributed by atoms with Crippen LogP contribution in [0, 0.1) is 12.3 Å². The summed E-state index contributed by atoms with van der Waals surface area (Å²) in [7, 11) is 0. The molecule has 3 N–H and O–H groups in total. The lowest BCUT2D eigenvalue weighted by Crippen LogP contribution is -2.30. The Balaban J connectivity index is 2.20. The van der Waals surface area contributed by atoms with Crippen molar-refractivity contribution in [3.63, 3.8) is 0 Å². The van der Waals surface area contributed by atoms with E-state index in [-0.39, 0.29) is 0 Å². The molecule has 1 aliphatic rings. The van der Waals surface area contributed by atoms with Crippen LogP contribution in [0.4, 0.5) is 0 Å². The summed E-state index contributed by atoms with van der Waals surface area (Å²) in [5, 5.41) is 9.23. The molecule has 0 bridgehead atoms. The maximum Gasteiger partial charge on any atom is 0.156 e. The monoisotopic (exact) mass is 282 g/mol. The summed E-state index contributed by atoms with van der Waals surface area (Å²) < 4.78 is 1.37. The Hall–Kier alpha value is -2.14. The zero-order chi connectivity index (χ0) is 13.9. The molecule has 3 aromatic rings. The lowest BCUT2D eigenvalue weighted by Gasteiger charge is -2.16. The maximum absolute atomic E-state index is 8.33. The second-order valence-corrected chi connectivity index (χ2v) is 6.20. The molecular weight excluding hydrogens is 268 g/mol. The zero-order valence-electron chi connectivity index (χ0n) is 11.1. The number of aryl methyl sites for hydroxylation is 3. The van der Waals surface area contributed by atoms with Gasteiger partial charge in [0.05, 0.1) is 5.39 Å². The molecule has 0 atom stereocenters. The molecule has 5 heteroatoms. The van der Waals surface area contributed by atoms with Crippen LogP contribution in [0.5, 0.6) is 0 Å². The number of fused-ring (bicyclic) bond motifs is 5. The highest BCUT2D eigenvalue weighted by Gasteiger charge is 2.23. The summed E-state index contributed by atoms with van der Waals surface area (Å²) in [6.07, 6.45) is 2.08. The van der Waals surface area contributed by atoms with Crippen molar-refractivity contribution >= 4 is 21.6 Å². The van der Waals surface area contributed by atoms with Gasteiger partial charge in [0.2, 0.25) is 0 Å². The first-order valence-electron chi connectivity index (χ1n) is 6.60. The van der Waals surface area contributed by atoms with Crippen molar-refractivity contribution < 1.29 is 0 Å². The molecule has 4 nitrogen and oxygen atoms in total. The second-order valence-electron chi connectivity index (χ2n) is 5.12. The fraction of sp³-hybridized carbons (Fsp3) is 0.200. The largest absolute Gasteiger partial charge is 0.336 e. The van der Waals surface area contributed by atoms with Crippen molar-refractivity contribution in [2.75, 3.05) is 5.84 Å². The average Bonchev–Trinajstić information content (AvgIpc) is 2.83. The van der Waals surface area contributed by atoms with Crippen LogP contribution < -0.4 is 11.3 Å². The van der Waals surface area contributed by atoms with E-state index in [2.05, 4.69) is 29.2 Å². The van der Waals surface area contributed by atoms with E-state index in [0.29, 0.717) is 11.3 Å². The summed E-state index contributed by atoms with van der Waals surface area (Å²) in [4.78, 5) is 6.80. The Labute approximate surface area is 120 Å². The molecule has 0 unspecified atom stereocenters. The van der Waals surface area contributed by atoms with E-state index in [4.69, 9.17) is 11.3 Å². The molecule has 0 aliphatic heterocycles. The van der Waals surface area contributed by atoms with Crippen LogP contribution in [0.25, 0.3) is 21.3 Å². The fourth-order valence-corrected chi connectivity index (χ4v) is 4.17. The predicted molar refractivity (Wildman–Crippen MR) is 81.2 cm³/mol. The molecule has 100 valence electrons. The van der Waals surface area contributed by atoms with E-state index in [1.54, 1.807) is 11.3 Å². The van der Waals surface area contributed by atoms with Gasteiger partial charge in [-0.25, -0.2) is 9.66 Å². The van der Waals surface area contributed by atoms with Crippen LogP contribution in [0.2, 0.25) is 0 Å². The highest BCUT2D eigenvalue weighted by Crippen LogP contribution is 2.41. The van der Waals surface area contributed by atoms with Crippen molar-refractivity contribution in [1.29, 1.82) is 5.41 Å². The average molecular weight is 282 g/mol. The number of nitrogens with zero attached hydrogens (tertiary/aromatic N) is 2. The number of benzene rings is 1. The van der Waals surface area contributed by atoms with Gasteiger partial charge in [-0.1, -0.05) is 24.3 Å². The third kappa shape index (κ3) is 1.41. The molecule has 4 rings (SSSR count). The van der Waals surface area contributed by atoms with Gasteiger partial charge in [-0.3, -0.25) is 5.41 Å². The lowest BCUT2D eigenvalue weighted by molar-refractivity contribution is 0.819. The summed E-state index contributed by atoms with van der Waals surface area (Å²) in [5.41, 5.74) is 4.10. The molecule has 20 heavy (non-hydrogen) atoms. The number of nitrogens with one attached hydrogen (secondary N) is 1. The van der Waals surface area contributed by atoms with Crippen LogP contribution >= 0.6 is 11.3 Å². The Bertz CT molecular complexity index is 904. The van der Waals surface area contributed by atoms with Crippen molar-refractivity contribution in [1.82, 2.24) is 9.66 Å². The minimum atomic E-state index is 0.349. The number of nitrogens with two attached hydrogens (primary N) is 1. The Kier molecular flexibility index (Phi) is 2.29. The lowest BCUT2D eigenvalue weighted by atomic mass is 9.89. The van der Waals surface area contributed by atoms with Crippen LogP contribution in [0.15, 0.2) is 24.3 Å². The summed E-state index contributed by atoms with van der Waals surface area (Å²) in [6.45, 7) is 1.84. The smallest absolute Gasteiger partial charge is 0.156 e. The second kappa shape index (κ2) is 3.93. The van der Waals surface area contributed by atoms with E-state index >= 15 is 0 Å².